The van der Waals surface area contributed by atoms with Crippen molar-refractivity contribution in [2.75, 3.05) is 20.1 Å². The molecular weight excluding hydrogens is 276 g/mol. The van der Waals surface area contributed by atoms with Crippen molar-refractivity contribution in [3.05, 3.63) is 30.3 Å². The van der Waals surface area contributed by atoms with E-state index in [0.717, 1.165) is 31.7 Å². The Morgan fingerprint density at radius 3 is 2.80 bits per heavy atom. The van der Waals surface area contributed by atoms with Crippen molar-refractivity contribution in [3.8, 4) is 5.75 Å². The lowest BCUT2D eigenvalue weighted by Gasteiger charge is -2.27. The van der Waals surface area contributed by atoms with Crippen LogP contribution >= 0.6 is 12.4 Å². The number of likely N-dealkylation sites (tertiary alicyclic amines) is 1. The van der Waals surface area contributed by atoms with Crippen molar-refractivity contribution in [3.63, 3.8) is 0 Å². The lowest BCUT2D eigenvalue weighted by Crippen LogP contribution is -2.46. The van der Waals surface area contributed by atoms with Gasteiger partial charge in [-0.3, -0.25) is 4.79 Å². The van der Waals surface area contributed by atoms with E-state index in [1.54, 1.807) is 0 Å². The second-order valence-corrected chi connectivity index (χ2v) is 4.96. The zero-order valence-corrected chi connectivity index (χ0v) is 12.9. The van der Waals surface area contributed by atoms with Crippen LogP contribution in [-0.2, 0) is 4.79 Å². The zero-order chi connectivity index (χ0) is 13.7. The molecule has 2 rings (SSSR count). The molecule has 0 spiro atoms. The van der Waals surface area contributed by atoms with Gasteiger partial charge < -0.3 is 15.0 Å². The van der Waals surface area contributed by atoms with Crippen LogP contribution in [0, 0.1) is 0 Å². The molecule has 1 aliphatic heterocycles. The summed E-state index contributed by atoms with van der Waals surface area (Å²) in [6.45, 7) is 3.52. The molecule has 1 saturated heterocycles. The van der Waals surface area contributed by atoms with Crippen molar-refractivity contribution in [1.82, 2.24) is 10.2 Å². The standard InChI is InChI=1S/C15H22N2O2.ClH/c1-12(19-14-8-4-3-5-9-14)15(18)17-10-6-7-13(17)11-16-2;/h3-5,8-9,12-13,16H,6-7,10-11H2,1-2H3;1H. The van der Waals surface area contributed by atoms with Gasteiger partial charge in [0.1, 0.15) is 5.75 Å². The maximum atomic E-state index is 12.4. The van der Waals surface area contributed by atoms with E-state index in [0.29, 0.717) is 6.04 Å². The quantitative estimate of drug-likeness (QED) is 0.905. The van der Waals surface area contributed by atoms with Gasteiger partial charge in [0.05, 0.1) is 0 Å². The predicted octanol–water partition coefficient (Wildman–Crippen LogP) is 2.09. The van der Waals surface area contributed by atoms with E-state index in [1.165, 1.54) is 0 Å². The first-order valence-corrected chi connectivity index (χ1v) is 6.89. The Morgan fingerprint density at radius 1 is 1.45 bits per heavy atom. The summed E-state index contributed by atoms with van der Waals surface area (Å²) in [6, 6.07) is 9.80. The number of nitrogens with zero attached hydrogens (tertiary/aromatic N) is 1. The van der Waals surface area contributed by atoms with E-state index >= 15 is 0 Å². The Kier molecular flexibility index (Phi) is 6.82. The number of carbonyl (C=O) groups excluding carboxylic acids is 1. The number of carbonyl (C=O) groups is 1. The largest absolute Gasteiger partial charge is 0.481 e. The van der Waals surface area contributed by atoms with Gasteiger partial charge in [-0.15, -0.1) is 12.4 Å². The monoisotopic (exact) mass is 298 g/mol. The topological polar surface area (TPSA) is 41.6 Å². The fourth-order valence-corrected chi connectivity index (χ4v) is 2.56. The summed E-state index contributed by atoms with van der Waals surface area (Å²) in [5, 5.41) is 3.15. The zero-order valence-electron chi connectivity index (χ0n) is 12.0. The average Bonchev–Trinajstić information content (AvgIpc) is 2.87. The Hall–Kier alpha value is -1.26. The van der Waals surface area contributed by atoms with Gasteiger partial charge in [0.25, 0.3) is 5.91 Å². The molecule has 1 aromatic rings. The molecule has 0 aliphatic carbocycles. The third kappa shape index (κ3) is 4.12. The highest BCUT2D eigenvalue weighted by atomic mass is 35.5. The first-order valence-electron chi connectivity index (χ1n) is 6.89. The van der Waals surface area contributed by atoms with E-state index in [1.807, 2.05) is 49.2 Å². The van der Waals surface area contributed by atoms with Crippen LogP contribution in [0.25, 0.3) is 0 Å². The van der Waals surface area contributed by atoms with Gasteiger partial charge in [-0.25, -0.2) is 0 Å². The Balaban J connectivity index is 0.00000200. The van der Waals surface area contributed by atoms with Gasteiger partial charge in [-0.2, -0.15) is 0 Å². The lowest BCUT2D eigenvalue weighted by molar-refractivity contribution is -0.138. The number of amides is 1. The molecule has 1 aliphatic rings. The SMILES string of the molecule is CNCC1CCCN1C(=O)C(C)Oc1ccccc1.Cl. The van der Waals surface area contributed by atoms with Crippen molar-refractivity contribution in [2.45, 2.75) is 31.9 Å². The molecule has 2 unspecified atom stereocenters. The molecule has 5 heteroatoms. The first-order chi connectivity index (χ1) is 9.22. The van der Waals surface area contributed by atoms with Crippen molar-refractivity contribution in [2.24, 2.45) is 0 Å². The third-order valence-electron chi connectivity index (χ3n) is 3.50. The number of rotatable bonds is 5. The van der Waals surface area contributed by atoms with Crippen LogP contribution in [0.3, 0.4) is 0 Å². The Morgan fingerprint density at radius 2 is 2.15 bits per heavy atom. The highest BCUT2D eigenvalue weighted by Crippen LogP contribution is 2.19. The number of ether oxygens (including phenoxy) is 1. The highest BCUT2D eigenvalue weighted by Gasteiger charge is 2.31. The molecule has 0 radical (unpaired) electrons. The number of para-hydroxylation sites is 1. The summed E-state index contributed by atoms with van der Waals surface area (Å²) >= 11 is 0. The van der Waals surface area contributed by atoms with Gasteiger partial charge in [0.2, 0.25) is 0 Å². The molecule has 1 aromatic carbocycles. The van der Waals surface area contributed by atoms with Gasteiger partial charge in [-0.1, -0.05) is 18.2 Å². The third-order valence-corrected chi connectivity index (χ3v) is 3.50. The van der Waals surface area contributed by atoms with Crippen LogP contribution in [0.5, 0.6) is 5.75 Å². The van der Waals surface area contributed by atoms with E-state index in [2.05, 4.69) is 5.32 Å². The second kappa shape index (κ2) is 8.12. The number of likely N-dealkylation sites (N-methyl/N-ethyl adjacent to an activating group) is 1. The number of hydrogen-bond acceptors (Lipinski definition) is 3. The Bertz CT molecular complexity index is 414. The number of benzene rings is 1. The number of halogens is 1. The van der Waals surface area contributed by atoms with Crippen LogP contribution in [0.4, 0.5) is 0 Å². The summed E-state index contributed by atoms with van der Waals surface area (Å²) in [6.07, 6.45) is 1.72. The summed E-state index contributed by atoms with van der Waals surface area (Å²) in [5.41, 5.74) is 0. The van der Waals surface area contributed by atoms with Gasteiger partial charge in [0.15, 0.2) is 6.10 Å². The molecule has 1 heterocycles. The summed E-state index contributed by atoms with van der Waals surface area (Å²) in [7, 11) is 1.92. The molecule has 2 atom stereocenters. The van der Waals surface area contributed by atoms with Crippen LogP contribution in [0.1, 0.15) is 19.8 Å². The predicted molar refractivity (Wildman–Crippen MR) is 82.4 cm³/mol. The van der Waals surface area contributed by atoms with Gasteiger partial charge >= 0.3 is 0 Å². The molecule has 0 saturated carbocycles. The van der Waals surface area contributed by atoms with E-state index in [9.17, 15) is 4.79 Å². The van der Waals surface area contributed by atoms with Crippen LogP contribution < -0.4 is 10.1 Å². The van der Waals surface area contributed by atoms with Gasteiger partial charge in [0, 0.05) is 19.1 Å². The van der Waals surface area contributed by atoms with E-state index in [4.69, 9.17) is 4.74 Å². The second-order valence-electron chi connectivity index (χ2n) is 4.96. The fraction of sp³-hybridized carbons (Fsp3) is 0.533. The molecule has 1 amide bonds. The number of nitrogens with one attached hydrogen (secondary N) is 1. The lowest BCUT2D eigenvalue weighted by atomic mass is 10.2. The van der Waals surface area contributed by atoms with Gasteiger partial charge in [-0.05, 0) is 38.9 Å². The minimum atomic E-state index is -0.431. The molecule has 1 fully saturated rings. The van der Waals surface area contributed by atoms with Crippen LogP contribution in [-0.4, -0.2) is 43.1 Å². The first kappa shape index (κ1) is 16.8. The average molecular weight is 299 g/mol. The van der Waals surface area contributed by atoms with E-state index < -0.39 is 6.10 Å². The van der Waals surface area contributed by atoms with Crippen LogP contribution in [0.2, 0.25) is 0 Å². The molecule has 4 nitrogen and oxygen atoms in total. The summed E-state index contributed by atoms with van der Waals surface area (Å²) in [4.78, 5) is 14.4. The Labute approximate surface area is 126 Å². The minimum absolute atomic E-state index is 0. The van der Waals surface area contributed by atoms with E-state index in [-0.39, 0.29) is 18.3 Å². The van der Waals surface area contributed by atoms with Crippen LogP contribution in [0.15, 0.2) is 30.3 Å². The molecule has 0 aromatic heterocycles. The minimum Gasteiger partial charge on any atom is -0.481 e. The van der Waals surface area contributed by atoms with Crippen molar-refractivity contribution in [1.29, 1.82) is 0 Å². The summed E-state index contributed by atoms with van der Waals surface area (Å²) in [5.74, 6) is 0.828. The highest BCUT2D eigenvalue weighted by molar-refractivity contribution is 5.85. The maximum absolute atomic E-state index is 12.4. The fourth-order valence-electron chi connectivity index (χ4n) is 2.56. The molecule has 112 valence electrons. The number of hydrogen-bond donors (Lipinski definition) is 1. The molecule has 0 bridgehead atoms. The molecule has 1 N–H and O–H groups in total. The maximum Gasteiger partial charge on any atom is 0.263 e. The van der Waals surface area contributed by atoms with Crippen molar-refractivity contribution < 1.29 is 9.53 Å². The molecular formula is C15H23ClN2O2. The summed E-state index contributed by atoms with van der Waals surface area (Å²) < 4.78 is 5.70. The smallest absolute Gasteiger partial charge is 0.263 e. The normalized spacial score (nSPS) is 19.3. The van der Waals surface area contributed by atoms with Crippen molar-refractivity contribution >= 4 is 18.3 Å². The molecule has 20 heavy (non-hydrogen) atoms.